The Morgan fingerprint density at radius 1 is 1.64 bits per heavy atom. The van der Waals surface area contributed by atoms with Gasteiger partial charge in [0.1, 0.15) is 5.76 Å². The van der Waals surface area contributed by atoms with E-state index in [2.05, 4.69) is 5.32 Å². The van der Waals surface area contributed by atoms with E-state index in [-0.39, 0.29) is 5.91 Å². The van der Waals surface area contributed by atoms with Gasteiger partial charge < -0.3 is 9.73 Å². The van der Waals surface area contributed by atoms with E-state index >= 15 is 0 Å². The van der Waals surface area contributed by atoms with Crippen LogP contribution in [0, 0.1) is 5.41 Å². The lowest BCUT2D eigenvalue weighted by molar-refractivity contribution is -0.128. The largest absolute Gasteiger partial charge is 0.467 e. The van der Waals surface area contributed by atoms with Crippen LogP contribution in [0.3, 0.4) is 0 Å². The van der Waals surface area contributed by atoms with E-state index in [9.17, 15) is 4.79 Å². The van der Waals surface area contributed by atoms with E-state index in [1.54, 1.807) is 26.2 Å². The molecule has 78 valence electrons. The zero-order chi connectivity index (χ0) is 10.6. The summed E-state index contributed by atoms with van der Waals surface area (Å²) in [7, 11) is 0. The van der Waals surface area contributed by atoms with Gasteiger partial charge in [-0.3, -0.25) is 4.79 Å². The van der Waals surface area contributed by atoms with Crippen LogP contribution in [0.25, 0.3) is 0 Å². The lowest BCUT2D eigenvalue weighted by Crippen LogP contribution is -2.37. The Balaban J connectivity index is 2.43. The summed E-state index contributed by atoms with van der Waals surface area (Å²) >= 11 is 5.66. The molecule has 0 aliphatic rings. The Morgan fingerprint density at radius 2 is 2.36 bits per heavy atom. The highest BCUT2D eigenvalue weighted by Gasteiger charge is 2.26. The van der Waals surface area contributed by atoms with Crippen LogP contribution in [-0.2, 0) is 11.3 Å². The highest BCUT2D eigenvalue weighted by Crippen LogP contribution is 2.17. The van der Waals surface area contributed by atoms with E-state index in [0.29, 0.717) is 12.4 Å². The minimum Gasteiger partial charge on any atom is -0.467 e. The third-order valence-corrected chi connectivity index (χ3v) is 2.62. The highest BCUT2D eigenvalue weighted by molar-refractivity contribution is 6.19. The van der Waals surface area contributed by atoms with Crippen LogP contribution in [0.15, 0.2) is 22.8 Å². The fraction of sp³-hybridized carbons (Fsp3) is 0.500. The number of furan rings is 1. The summed E-state index contributed by atoms with van der Waals surface area (Å²) < 4.78 is 5.08. The molecule has 0 bridgehead atoms. The molecular weight excluding hydrogens is 202 g/mol. The number of halogens is 1. The fourth-order valence-electron chi connectivity index (χ4n) is 0.881. The molecule has 1 rings (SSSR count). The number of carbonyl (C=O) groups is 1. The molecule has 1 aromatic heterocycles. The molecule has 0 atom stereocenters. The zero-order valence-corrected chi connectivity index (χ0v) is 9.10. The van der Waals surface area contributed by atoms with Gasteiger partial charge in [-0.05, 0) is 26.0 Å². The van der Waals surface area contributed by atoms with E-state index in [1.807, 2.05) is 6.07 Å². The summed E-state index contributed by atoms with van der Waals surface area (Å²) in [6, 6.07) is 3.60. The van der Waals surface area contributed by atoms with Crippen molar-refractivity contribution in [1.29, 1.82) is 0 Å². The Kier molecular flexibility index (Phi) is 3.58. The predicted octanol–water partition coefficient (Wildman–Crippen LogP) is 2.16. The van der Waals surface area contributed by atoms with Crippen LogP contribution < -0.4 is 5.32 Å². The first kappa shape index (κ1) is 11.1. The van der Waals surface area contributed by atoms with Crippen LogP contribution in [0.1, 0.15) is 19.6 Å². The van der Waals surface area contributed by atoms with Gasteiger partial charge in [0, 0.05) is 5.88 Å². The summed E-state index contributed by atoms with van der Waals surface area (Å²) in [5.41, 5.74) is -0.534. The summed E-state index contributed by atoms with van der Waals surface area (Å²) in [6.07, 6.45) is 1.58. The van der Waals surface area contributed by atoms with Crippen molar-refractivity contribution in [3.05, 3.63) is 24.2 Å². The van der Waals surface area contributed by atoms with Crippen molar-refractivity contribution in [3.63, 3.8) is 0 Å². The summed E-state index contributed by atoms with van der Waals surface area (Å²) in [5, 5.41) is 2.76. The maximum Gasteiger partial charge on any atom is 0.227 e. The molecule has 1 amide bonds. The van der Waals surface area contributed by atoms with Crippen molar-refractivity contribution >= 4 is 17.5 Å². The number of alkyl halides is 1. The quantitative estimate of drug-likeness (QED) is 0.783. The maximum absolute atomic E-state index is 11.6. The molecule has 0 saturated heterocycles. The van der Waals surface area contributed by atoms with Crippen molar-refractivity contribution in [2.24, 2.45) is 5.41 Å². The third kappa shape index (κ3) is 2.77. The average molecular weight is 216 g/mol. The molecular formula is C10H14ClNO2. The van der Waals surface area contributed by atoms with Crippen molar-refractivity contribution in [2.75, 3.05) is 5.88 Å². The molecule has 1 aromatic rings. The van der Waals surface area contributed by atoms with E-state index in [0.717, 1.165) is 5.76 Å². The molecule has 14 heavy (non-hydrogen) atoms. The lowest BCUT2D eigenvalue weighted by atomic mass is 9.95. The molecule has 0 aliphatic carbocycles. The van der Waals surface area contributed by atoms with Gasteiger partial charge in [-0.1, -0.05) is 0 Å². The minimum atomic E-state index is -0.534. The number of hydrogen-bond donors (Lipinski definition) is 1. The van der Waals surface area contributed by atoms with E-state index in [1.165, 1.54) is 0 Å². The number of hydrogen-bond acceptors (Lipinski definition) is 2. The van der Waals surface area contributed by atoms with Crippen molar-refractivity contribution in [3.8, 4) is 0 Å². The van der Waals surface area contributed by atoms with Gasteiger partial charge in [0.25, 0.3) is 0 Å². The summed E-state index contributed by atoms with van der Waals surface area (Å²) in [6.45, 7) is 4.01. The molecule has 4 heteroatoms. The van der Waals surface area contributed by atoms with Crippen LogP contribution >= 0.6 is 11.6 Å². The SMILES string of the molecule is CC(C)(CCl)C(=O)NCc1ccco1. The normalized spacial score (nSPS) is 11.4. The van der Waals surface area contributed by atoms with Crippen LogP contribution in [-0.4, -0.2) is 11.8 Å². The Hall–Kier alpha value is -0.960. The topological polar surface area (TPSA) is 42.2 Å². The van der Waals surface area contributed by atoms with Crippen LogP contribution in [0.2, 0.25) is 0 Å². The molecule has 0 aliphatic heterocycles. The van der Waals surface area contributed by atoms with Gasteiger partial charge >= 0.3 is 0 Å². The minimum absolute atomic E-state index is 0.0658. The molecule has 0 saturated carbocycles. The number of carbonyl (C=O) groups excluding carboxylic acids is 1. The molecule has 1 N–H and O–H groups in total. The van der Waals surface area contributed by atoms with Crippen molar-refractivity contribution < 1.29 is 9.21 Å². The Bertz CT molecular complexity index is 293. The first-order valence-corrected chi connectivity index (χ1v) is 4.96. The molecule has 0 radical (unpaired) electrons. The number of rotatable bonds is 4. The van der Waals surface area contributed by atoms with Crippen molar-refractivity contribution in [1.82, 2.24) is 5.32 Å². The molecule has 1 heterocycles. The second kappa shape index (κ2) is 4.51. The predicted molar refractivity (Wildman–Crippen MR) is 55.1 cm³/mol. The van der Waals surface area contributed by atoms with Gasteiger partial charge in [0.2, 0.25) is 5.91 Å². The van der Waals surface area contributed by atoms with Crippen molar-refractivity contribution in [2.45, 2.75) is 20.4 Å². The number of nitrogens with one attached hydrogen (secondary N) is 1. The molecule has 3 nitrogen and oxygen atoms in total. The van der Waals surface area contributed by atoms with Gasteiger partial charge in [-0.2, -0.15) is 0 Å². The first-order chi connectivity index (χ1) is 6.56. The maximum atomic E-state index is 11.6. The Morgan fingerprint density at radius 3 is 2.86 bits per heavy atom. The summed E-state index contributed by atoms with van der Waals surface area (Å²) in [5.74, 6) is 0.976. The highest BCUT2D eigenvalue weighted by atomic mass is 35.5. The standard InChI is InChI=1S/C10H14ClNO2/c1-10(2,7-11)9(13)12-6-8-4-3-5-14-8/h3-5H,6-7H2,1-2H3,(H,12,13). The van der Waals surface area contributed by atoms with Gasteiger partial charge in [-0.15, -0.1) is 11.6 Å². The smallest absolute Gasteiger partial charge is 0.227 e. The molecule has 0 spiro atoms. The Labute approximate surface area is 88.4 Å². The number of amides is 1. The second-order valence-electron chi connectivity index (χ2n) is 3.78. The second-order valence-corrected chi connectivity index (χ2v) is 4.05. The van der Waals surface area contributed by atoms with Crippen LogP contribution in [0.5, 0.6) is 0 Å². The third-order valence-electron chi connectivity index (χ3n) is 1.95. The van der Waals surface area contributed by atoms with Crippen LogP contribution in [0.4, 0.5) is 0 Å². The van der Waals surface area contributed by atoms with Gasteiger partial charge in [-0.25, -0.2) is 0 Å². The van der Waals surface area contributed by atoms with Gasteiger partial charge in [0.15, 0.2) is 0 Å². The van der Waals surface area contributed by atoms with Gasteiger partial charge in [0.05, 0.1) is 18.2 Å². The van der Waals surface area contributed by atoms with E-state index < -0.39 is 5.41 Å². The monoisotopic (exact) mass is 215 g/mol. The molecule has 0 unspecified atom stereocenters. The fourth-order valence-corrected chi connectivity index (χ4v) is 1.00. The average Bonchev–Trinajstić information content (AvgIpc) is 2.66. The van der Waals surface area contributed by atoms with E-state index in [4.69, 9.17) is 16.0 Å². The zero-order valence-electron chi connectivity index (χ0n) is 8.34. The molecule has 0 fully saturated rings. The molecule has 0 aromatic carbocycles. The first-order valence-electron chi connectivity index (χ1n) is 4.43. The summed E-state index contributed by atoms with van der Waals surface area (Å²) in [4.78, 5) is 11.6. The lowest BCUT2D eigenvalue weighted by Gasteiger charge is -2.19.